The molecule has 1 fully saturated rings. The lowest BCUT2D eigenvalue weighted by molar-refractivity contribution is 0.249. The molecule has 1 aliphatic rings. The maximum absolute atomic E-state index is 6.26. The molecule has 5 nitrogen and oxygen atoms in total. The minimum absolute atomic E-state index is 0.0218. The fourth-order valence-electron chi connectivity index (χ4n) is 2.82. The average molecular weight is 368 g/mol. The van der Waals surface area contributed by atoms with Gasteiger partial charge in [-0.3, -0.25) is 9.58 Å². The second-order valence-corrected chi connectivity index (χ2v) is 8.03. The Labute approximate surface area is 153 Å². The van der Waals surface area contributed by atoms with Crippen molar-refractivity contribution in [3.8, 4) is 0 Å². The summed E-state index contributed by atoms with van der Waals surface area (Å²) in [6, 6.07) is 1.75. The predicted octanol–water partition coefficient (Wildman–Crippen LogP) is 3.66. The van der Waals surface area contributed by atoms with E-state index < -0.39 is 0 Å². The molecule has 24 heavy (non-hydrogen) atoms. The summed E-state index contributed by atoms with van der Waals surface area (Å²) in [4.78, 5) is 9.02. The second-order valence-electron chi connectivity index (χ2n) is 7.19. The first-order valence-corrected chi connectivity index (χ1v) is 8.91. The normalized spacial score (nSPS) is 16.6. The largest absolute Gasteiger partial charge is 0.353 e. The number of hydrogen-bond donors (Lipinski definition) is 0. The van der Waals surface area contributed by atoms with Crippen molar-refractivity contribution in [3.63, 3.8) is 0 Å². The van der Waals surface area contributed by atoms with E-state index in [9.17, 15) is 0 Å². The van der Waals surface area contributed by atoms with Crippen molar-refractivity contribution in [1.29, 1.82) is 0 Å². The summed E-state index contributed by atoms with van der Waals surface area (Å²) < 4.78 is 2.02. The summed E-state index contributed by atoms with van der Waals surface area (Å²) in [5.41, 5.74) is 1.27. The van der Waals surface area contributed by atoms with Gasteiger partial charge in [-0.1, -0.05) is 23.2 Å². The minimum Gasteiger partial charge on any atom is -0.353 e. The standard InChI is InChI=1S/C17H23Cl2N5/c1-17(2,3)24-12-13(9-21-24)11-22-4-6-23(7-5-22)16-15(19)8-14(18)10-20-16/h8-10,12H,4-7,11H2,1-3H3. The van der Waals surface area contributed by atoms with Crippen molar-refractivity contribution in [2.45, 2.75) is 32.9 Å². The van der Waals surface area contributed by atoms with E-state index in [1.807, 2.05) is 10.9 Å². The van der Waals surface area contributed by atoms with Crippen LogP contribution in [0.3, 0.4) is 0 Å². The van der Waals surface area contributed by atoms with Crippen LogP contribution in [0.25, 0.3) is 0 Å². The molecule has 0 aliphatic carbocycles. The van der Waals surface area contributed by atoms with E-state index in [1.54, 1.807) is 12.3 Å². The molecule has 0 aromatic carbocycles. The average Bonchev–Trinajstić information content (AvgIpc) is 2.97. The van der Waals surface area contributed by atoms with Crippen molar-refractivity contribution in [2.75, 3.05) is 31.1 Å². The summed E-state index contributed by atoms with van der Waals surface area (Å²) in [6.07, 6.45) is 5.76. The summed E-state index contributed by atoms with van der Waals surface area (Å²) in [5, 5.41) is 5.66. The first-order chi connectivity index (χ1) is 11.3. The van der Waals surface area contributed by atoms with Crippen LogP contribution in [0, 0.1) is 0 Å². The topological polar surface area (TPSA) is 37.2 Å². The maximum atomic E-state index is 6.26. The lowest BCUT2D eigenvalue weighted by Gasteiger charge is -2.35. The van der Waals surface area contributed by atoms with Crippen molar-refractivity contribution >= 4 is 29.0 Å². The molecule has 0 N–H and O–H groups in total. The summed E-state index contributed by atoms with van der Waals surface area (Å²) >= 11 is 12.2. The van der Waals surface area contributed by atoms with Gasteiger partial charge >= 0.3 is 0 Å². The van der Waals surface area contributed by atoms with Crippen LogP contribution in [-0.4, -0.2) is 45.8 Å². The molecule has 130 valence electrons. The van der Waals surface area contributed by atoms with Crippen LogP contribution in [0.4, 0.5) is 5.82 Å². The molecule has 1 saturated heterocycles. The van der Waals surface area contributed by atoms with Gasteiger partial charge in [-0.05, 0) is 26.8 Å². The summed E-state index contributed by atoms with van der Waals surface area (Å²) in [5.74, 6) is 0.821. The van der Waals surface area contributed by atoms with Gasteiger partial charge in [-0.25, -0.2) is 4.98 Å². The van der Waals surface area contributed by atoms with Gasteiger partial charge in [0.1, 0.15) is 5.82 Å². The van der Waals surface area contributed by atoms with E-state index in [2.05, 4.69) is 46.9 Å². The van der Waals surface area contributed by atoms with Gasteiger partial charge in [0.05, 0.1) is 21.8 Å². The predicted molar refractivity (Wildman–Crippen MR) is 99.0 cm³/mol. The van der Waals surface area contributed by atoms with Crippen molar-refractivity contribution < 1.29 is 0 Å². The lowest BCUT2D eigenvalue weighted by Crippen LogP contribution is -2.46. The highest BCUT2D eigenvalue weighted by atomic mass is 35.5. The smallest absolute Gasteiger partial charge is 0.147 e. The molecule has 2 aromatic rings. The van der Waals surface area contributed by atoms with Gasteiger partial charge in [0.2, 0.25) is 0 Å². The molecule has 1 aliphatic heterocycles. The maximum Gasteiger partial charge on any atom is 0.147 e. The lowest BCUT2D eigenvalue weighted by atomic mass is 10.1. The number of hydrogen-bond acceptors (Lipinski definition) is 4. The Morgan fingerprint density at radius 3 is 2.38 bits per heavy atom. The molecular formula is C17H23Cl2N5. The molecule has 7 heteroatoms. The van der Waals surface area contributed by atoms with Crippen molar-refractivity contribution in [1.82, 2.24) is 19.7 Å². The molecular weight excluding hydrogens is 345 g/mol. The minimum atomic E-state index is 0.0218. The van der Waals surface area contributed by atoms with E-state index >= 15 is 0 Å². The summed E-state index contributed by atoms with van der Waals surface area (Å²) in [6.45, 7) is 11.2. The third kappa shape index (κ3) is 4.02. The number of aromatic nitrogens is 3. The second kappa shape index (κ2) is 6.90. The van der Waals surface area contributed by atoms with Gasteiger partial charge in [0.25, 0.3) is 0 Å². The van der Waals surface area contributed by atoms with E-state index in [-0.39, 0.29) is 5.54 Å². The zero-order chi connectivity index (χ0) is 17.3. The highest BCUT2D eigenvalue weighted by Crippen LogP contribution is 2.27. The number of pyridine rings is 1. The van der Waals surface area contributed by atoms with Gasteiger partial charge < -0.3 is 4.90 Å². The van der Waals surface area contributed by atoms with Gasteiger partial charge in [-0.15, -0.1) is 0 Å². The van der Waals surface area contributed by atoms with Crippen LogP contribution in [0.2, 0.25) is 10.0 Å². The Balaban J connectivity index is 1.58. The highest BCUT2D eigenvalue weighted by molar-refractivity contribution is 6.36. The van der Waals surface area contributed by atoms with Crippen molar-refractivity contribution in [2.24, 2.45) is 0 Å². The van der Waals surface area contributed by atoms with Crippen molar-refractivity contribution in [3.05, 3.63) is 40.3 Å². The molecule has 0 spiro atoms. The van der Waals surface area contributed by atoms with Crippen LogP contribution >= 0.6 is 23.2 Å². The van der Waals surface area contributed by atoms with Gasteiger partial charge in [0, 0.05) is 50.7 Å². The van der Waals surface area contributed by atoms with Gasteiger partial charge in [0.15, 0.2) is 0 Å². The third-order valence-corrected chi connectivity index (χ3v) is 4.67. The summed E-state index contributed by atoms with van der Waals surface area (Å²) in [7, 11) is 0. The monoisotopic (exact) mass is 367 g/mol. The van der Waals surface area contributed by atoms with E-state index in [4.69, 9.17) is 23.2 Å². The number of anilines is 1. The number of piperazine rings is 1. The fourth-order valence-corrected chi connectivity index (χ4v) is 3.32. The first-order valence-electron chi connectivity index (χ1n) is 8.15. The molecule has 3 rings (SSSR count). The van der Waals surface area contributed by atoms with Crippen LogP contribution in [-0.2, 0) is 12.1 Å². The van der Waals surface area contributed by atoms with Crippen LogP contribution < -0.4 is 4.90 Å². The van der Waals surface area contributed by atoms with Crippen LogP contribution in [0.5, 0.6) is 0 Å². The molecule has 0 unspecified atom stereocenters. The van der Waals surface area contributed by atoms with E-state index in [0.29, 0.717) is 10.0 Å². The molecule has 0 bridgehead atoms. The molecule has 0 radical (unpaired) electrons. The zero-order valence-electron chi connectivity index (χ0n) is 14.3. The molecule has 3 heterocycles. The Morgan fingerprint density at radius 2 is 1.79 bits per heavy atom. The van der Waals surface area contributed by atoms with Gasteiger partial charge in [-0.2, -0.15) is 5.10 Å². The Hall–Kier alpha value is -1.30. The highest BCUT2D eigenvalue weighted by Gasteiger charge is 2.21. The Kier molecular flexibility index (Phi) is 5.04. The third-order valence-electron chi connectivity index (χ3n) is 4.19. The number of rotatable bonds is 3. The molecule has 0 atom stereocenters. The fraction of sp³-hybridized carbons (Fsp3) is 0.529. The molecule has 2 aromatic heterocycles. The van der Waals surface area contributed by atoms with Crippen LogP contribution in [0.15, 0.2) is 24.7 Å². The Bertz CT molecular complexity index is 699. The Morgan fingerprint density at radius 1 is 1.08 bits per heavy atom. The quantitative estimate of drug-likeness (QED) is 0.829. The van der Waals surface area contributed by atoms with Crippen LogP contribution in [0.1, 0.15) is 26.3 Å². The number of halogens is 2. The molecule has 0 amide bonds. The van der Waals surface area contributed by atoms with E-state index in [1.165, 1.54) is 5.56 Å². The van der Waals surface area contributed by atoms with E-state index in [0.717, 1.165) is 38.5 Å². The SMILES string of the molecule is CC(C)(C)n1cc(CN2CCN(c3ncc(Cl)cc3Cl)CC2)cn1. The first kappa shape index (κ1) is 17.5. The molecule has 0 saturated carbocycles. The zero-order valence-corrected chi connectivity index (χ0v) is 15.8. The number of nitrogens with zero attached hydrogens (tertiary/aromatic N) is 5.